The van der Waals surface area contributed by atoms with E-state index in [1.165, 1.54) is 0 Å². The maximum absolute atomic E-state index is 12.6. The van der Waals surface area contributed by atoms with Gasteiger partial charge >= 0.3 is 0 Å². The maximum Gasteiger partial charge on any atom is 0.181 e. The van der Waals surface area contributed by atoms with E-state index in [0.717, 1.165) is 32.6 Å². The van der Waals surface area contributed by atoms with Crippen molar-refractivity contribution in [3.05, 3.63) is 33.8 Å². The van der Waals surface area contributed by atoms with Crippen LogP contribution in [0.4, 0.5) is 0 Å². The topological polar surface area (TPSA) is 29.5 Å². The predicted octanol–water partition coefficient (Wildman–Crippen LogP) is 3.92. The van der Waals surface area contributed by atoms with Gasteiger partial charge in [-0.2, -0.15) is 0 Å². The van der Waals surface area contributed by atoms with Gasteiger partial charge in [-0.15, -0.1) is 0 Å². The van der Waals surface area contributed by atoms with Gasteiger partial charge in [0, 0.05) is 23.7 Å². The zero-order valence-electron chi connectivity index (χ0n) is 12.4. The highest BCUT2D eigenvalue weighted by Crippen LogP contribution is 2.23. The third-order valence-corrected chi connectivity index (χ3v) is 4.59. The summed E-state index contributed by atoms with van der Waals surface area (Å²) in [6, 6.07) is 4.78. The summed E-state index contributed by atoms with van der Waals surface area (Å²) in [7, 11) is 1.97. The van der Waals surface area contributed by atoms with E-state index in [-0.39, 0.29) is 11.8 Å². The van der Waals surface area contributed by atoms with Crippen molar-refractivity contribution in [3.8, 4) is 0 Å². The number of ketones is 1. The Hall–Kier alpha value is -0.610. The molecule has 21 heavy (non-hydrogen) atoms. The largest absolute Gasteiger partial charge is 0.381 e. The van der Waals surface area contributed by atoms with Crippen LogP contribution in [0.3, 0.4) is 0 Å². The number of rotatable bonds is 5. The van der Waals surface area contributed by atoms with Crippen LogP contribution in [0.1, 0.15) is 30.1 Å². The number of carbonyl (C=O) groups excluding carboxylic acids is 1. The van der Waals surface area contributed by atoms with Gasteiger partial charge in [-0.05, 0) is 50.9 Å². The van der Waals surface area contributed by atoms with Gasteiger partial charge < -0.3 is 4.74 Å². The highest BCUT2D eigenvalue weighted by Gasteiger charge is 2.24. The molecule has 0 aromatic heterocycles. The second-order valence-corrected chi connectivity index (χ2v) is 6.53. The summed E-state index contributed by atoms with van der Waals surface area (Å²) in [5, 5.41) is 0.950. The predicted molar refractivity (Wildman–Crippen MR) is 86.4 cm³/mol. The third-order valence-electron chi connectivity index (χ3n) is 4.04. The first-order valence-electron chi connectivity index (χ1n) is 7.26. The smallest absolute Gasteiger partial charge is 0.181 e. The van der Waals surface area contributed by atoms with E-state index in [1.807, 2.05) is 14.0 Å². The summed E-state index contributed by atoms with van der Waals surface area (Å²) in [4.78, 5) is 14.6. The Kier molecular flexibility index (Phi) is 6.06. The molecule has 1 heterocycles. The molecule has 1 saturated heterocycles. The molecule has 0 N–H and O–H groups in total. The van der Waals surface area contributed by atoms with Crippen molar-refractivity contribution in [1.82, 2.24) is 4.90 Å². The first kappa shape index (κ1) is 16.8. The lowest BCUT2D eigenvalue weighted by molar-refractivity contribution is 0.0364. The first-order valence-corrected chi connectivity index (χ1v) is 8.02. The molecular formula is C16H21Cl2NO2. The Morgan fingerprint density at radius 3 is 2.86 bits per heavy atom. The quantitative estimate of drug-likeness (QED) is 0.767. The van der Waals surface area contributed by atoms with E-state index in [0.29, 0.717) is 21.5 Å². The normalized spacial score (nSPS) is 20.5. The molecule has 1 aliphatic heterocycles. The third kappa shape index (κ3) is 4.43. The highest BCUT2D eigenvalue weighted by atomic mass is 35.5. The second kappa shape index (κ2) is 7.59. The van der Waals surface area contributed by atoms with Crippen molar-refractivity contribution in [2.75, 3.05) is 26.8 Å². The maximum atomic E-state index is 12.6. The summed E-state index contributed by atoms with van der Waals surface area (Å²) in [5.41, 5.74) is 0.528. The fourth-order valence-corrected chi connectivity index (χ4v) is 3.13. The van der Waals surface area contributed by atoms with Crippen LogP contribution >= 0.6 is 23.2 Å². The summed E-state index contributed by atoms with van der Waals surface area (Å²) < 4.78 is 5.49. The number of benzene rings is 1. The van der Waals surface area contributed by atoms with Crippen LogP contribution in [-0.4, -0.2) is 43.5 Å². The molecule has 5 heteroatoms. The van der Waals surface area contributed by atoms with Gasteiger partial charge in [0.05, 0.1) is 17.7 Å². The van der Waals surface area contributed by atoms with E-state index < -0.39 is 0 Å². The molecule has 1 aliphatic rings. The van der Waals surface area contributed by atoms with Crippen LogP contribution in [0.2, 0.25) is 10.0 Å². The number of carbonyl (C=O) groups is 1. The summed E-state index contributed by atoms with van der Waals surface area (Å²) >= 11 is 12.0. The Labute approximate surface area is 136 Å². The summed E-state index contributed by atoms with van der Waals surface area (Å²) in [5.74, 6) is 0.524. The van der Waals surface area contributed by atoms with Crippen LogP contribution in [0.5, 0.6) is 0 Å². The molecule has 0 aliphatic carbocycles. The lowest BCUT2D eigenvalue weighted by Crippen LogP contribution is -2.40. The lowest BCUT2D eigenvalue weighted by atomic mass is 9.99. The van der Waals surface area contributed by atoms with Gasteiger partial charge in [-0.3, -0.25) is 9.69 Å². The summed E-state index contributed by atoms with van der Waals surface area (Å²) in [6.07, 6.45) is 2.26. The number of nitrogens with zero attached hydrogens (tertiary/aromatic N) is 1. The van der Waals surface area contributed by atoms with Crippen molar-refractivity contribution in [1.29, 1.82) is 0 Å². The van der Waals surface area contributed by atoms with Gasteiger partial charge in [-0.25, -0.2) is 0 Å². The van der Waals surface area contributed by atoms with Crippen molar-refractivity contribution >= 4 is 29.0 Å². The number of Topliss-reactive ketones (excluding diaryl/α,β-unsaturated/α-hetero) is 1. The molecule has 0 amide bonds. The molecule has 2 rings (SSSR count). The average Bonchev–Trinajstić information content (AvgIpc) is 2.47. The van der Waals surface area contributed by atoms with Gasteiger partial charge in [-0.1, -0.05) is 23.2 Å². The lowest BCUT2D eigenvalue weighted by Gasteiger charge is -2.30. The Balaban J connectivity index is 2.00. The SMILES string of the molecule is CC(C(=O)c1ccc(Cl)cc1Cl)N(C)CC1CCCOC1. The molecule has 1 fully saturated rings. The average molecular weight is 330 g/mol. The monoisotopic (exact) mass is 329 g/mol. The molecule has 0 saturated carbocycles. The first-order chi connectivity index (χ1) is 9.99. The van der Waals surface area contributed by atoms with Gasteiger partial charge in [0.1, 0.15) is 0 Å². The van der Waals surface area contributed by atoms with E-state index in [2.05, 4.69) is 4.90 Å². The minimum atomic E-state index is -0.217. The number of hydrogen-bond acceptors (Lipinski definition) is 3. The van der Waals surface area contributed by atoms with E-state index >= 15 is 0 Å². The number of likely N-dealkylation sites (N-methyl/N-ethyl adjacent to an activating group) is 1. The molecule has 116 valence electrons. The summed E-state index contributed by atoms with van der Waals surface area (Å²) in [6.45, 7) is 4.41. The molecule has 0 radical (unpaired) electrons. The number of ether oxygens (including phenoxy) is 1. The van der Waals surface area contributed by atoms with Crippen LogP contribution in [0.25, 0.3) is 0 Å². The van der Waals surface area contributed by atoms with Crippen LogP contribution in [0.15, 0.2) is 18.2 Å². The fraction of sp³-hybridized carbons (Fsp3) is 0.562. The Morgan fingerprint density at radius 1 is 1.48 bits per heavy atom. The van der Waals surface area contributed by atoms with E-state index in [4.69, 9.17) is 27.9 Å². The van der Waals surface area contributed by atoms with Gasteiger partial charge in [0.2, 0.25) is 0 Å². The van der Waals surface area contributed by atoms with Crippen LogP contribution in [0, 0.1) is 5.92 Å². The highest BCUT2D eigenvalue weighted by molar-refractivity contribution is 6.37. The van der Waals surface area contributed by atoms with Gasteiger partial charge in [0.15, 0.2) is 5.78 Å². The molecule has 0 spiro atoms. The molecule has 1 aromatic carbocycles. The van der Waals surface area contributed by atoms with Crippen molar-refractivity contribution in [2.24, 2.45) is 5.92 Å². The van der Waals surface area contributed by atoms with Crippen molar-refractivity contribution in [3.63, 3.8) is 0 Å². The molecule has 3 nitrogen and oxygen atoms in total. The molecule has 1 aromatic rings. The molecule has 2 atom stereocenters. The molecule has 2 unspecified atom stereocenters. The zero-order valence-corrected chi connectivity index (χ0v) is 14.0. The van der Waals surface area contributed by atoms with E-state index in [1.54, 1.807) is 18.2 Å². The number of halogens is 2. The second-order valence-electron chi connectivity index (χ2n) is 5.69. The van der Waals surface area contributed by atoms with Crippen LogP contribution in [-0.2, 0) is 4.74 Å². The van der Waals surface area contributed by atoms with Gasteiger partial charge in [0.25, 0.3) is 0 Å². The molecular weight excluding hydrogens is 309 g/mol. The fourth-order valence-electron chi connectivity index (χ4n) is 2.63. The van der Waals surface area contributed by atoms with Crippen LogP contribution < -0.4 is 0 Å². The number of hydrogen-bond donors (Lipinski definition) is 0. The minimum Gasteiger partial charge on any atom is -0.381 e. The molecule has 0 bridgehead atoms. The minimum absolute atomic E-state index is 0.0240. The standard InChI is InChI=1S/C16H21Cl2NO2/c1-11(19(2)9-12-4-3-7-21-10-12)16(20)14-6-5-13(17)8-15(14)18/h5-6,8,11-12H,3-4,7,9-10H2,1-2H3. The Bertz CT molecular complexity index is 501. The van der Waals surface area contributed by atoms with E-state index in [9.17, 15) is 4.79 Å². The zero-order chi connectivity index (χ0) is 15.4. The van der Waals surface area contributed by atoms with Crippen molar-refractivity contribution in [2.45, 2.75) is 25.8 Å². The van der Waals surface area contributed by atoms with Crippen molar-refractivity contribution < 1.29 is 9.53 Å². The Morgan fingerprint density at radius 2 is 2.24 bits per heavy atom.